The van der Waals surface area contributed by atoms with Gasteiger partial charge in [0.25, 0.3) is 11.7 Å². The molecule has 0 saturated carbocycles. The number of hydrogen-bond acceptors (Lipinski definition) is 6. The minimum atomic E-state index is -0.768. The third kappa shape index (κ3) is 5.67. The molecule has 1 heterocycles. The van der Waals surface area contributed by atoms with Gasteiger partial charge in [0.05, 0.1) is 25.3 Å². The Balaban J connectivity index is 1.74. The molecule has 4 rings (SSSR count). The molecule has 1 aliphatic rings. The number of rotatable bonds is 11. The average Bonchev–Trinajstić information content (AvgIpc) is 3.20. The lowest BCUT2D eigenvalue weighted by Gasteiger charge is -2.25. The van der Waals surface area contributed by atoms with E-state index < -0.39 is 17.7 Å². The summed E-state index contributed by atoms with van der Waals surface area (Å²) in [4.78, 5) is 27.8. The summed E-state index contributed by atoms with van der Waals surface area (Å²) < 4.78 is 17.2. The zero-order valence-corrected chi connectivity index (χ0v) is 22.0. The summed E-state index contributed by atoms with van der Waals surface area (Å²) in [6, 6.07) is 21.1. The Labute approximate surface area is 223 Å². The number of ketones is 1. The minimum absolute atomic E-state index is 0.0462. The van der Waals surface area contributed by atoms with Gasteiger partial charge in [0.15, 0.2) is 11.5 Å². The maximum atomic E-state index is 13.2. The smallest absolute Gasteiger partial charge is 0.295 e. The molecule has 0 aliphatic carbocycles. The predicted molar refractivity (Wildman–Crippen MR) is 145 cm³/mol. The van der Waals surface area contributed by atoms with Crippen LogP contribution in [0.2, 0.25) is 0 Å². The number of carbonyl (C=O) groups is 2. The van der Waals surface area contributed by atoms with E-state index in [9.17, 15) is 14.7 Å². The third-order valence-electron chi connectivity index (χ3n) is 6.35. The van der Waals surface area contributed by atoms with Crippen molar-refractivity contribution in [2.75, 3.05) is 20.3 Å². The van der Waals surface area contributed by atoms with Crippen molar-refractivity contribution in [2.45, 2.75) is 39.3 Å². The molecule has 1 unspecified atom stereocenters. The molecule has 198 valence electrons. The van der Waals surface area contributed by atoms with Crippen molar-refractivity contribution in [3.8, 4) is 17.2 Å². The molecule has 1 saturated heterocycles. The summed E-state index contributed by atoms with van der Waals surface area (Å²) in [5, 5.41) is 11.3. The second-order valence-electron chi connectivity index (χ2n) is 9.05. The molecule has 7 nitrogen and oxygen atoms in total. The van der Waals surface area contributed by atoms with Crippen molar-refractivity contribution in [3.63, 3.8) is 0 Å². The van der Waals surface area contributed by atoms with Crippen molar-refractivity contribution >= 4 is 17.4 Å². The monoisotopic (exact) mass is 515 g/mol. The van der Waals surface area contributed by atoms with Crippen LogP contribution in [0.4, 0.5) is 0 Å². The Bertz CT molecular complexity index is 1300. The number of hydrogen-bond donors (Lipinski definition) is 1. The Kier molecular flexibility index (Phi) is 8.69. The van der Waals surface area contributed by atoms with Crippen molar-refractivity contribution in [1.82, 2.24) is 4.90 Å². The summed E-state index contributed by atoms with van der Waals surface area (Å²) in [5.41, 5.74) is 2.11. The van der Waals surface area contributed by atoms with Crippen LogP contribution >= 0.6 is 0 Å². The van der Waals surface area contributed by atoms with E-state index in [1.807, 2.05) is 44.2 Å². The molecule has 1 N–H and O–H groups in total. The van der Waals surface area contributed by atoms with E-state index in [2.05, 4.69) is 0 Å². The lowest BCUT2D eigenvalue weighted by molar-refractivity contribution is -0.139. The van der Waals surface area contributed by atoms with Crippen molar-refractivity contribution in [3.05, 3.63) is 95.1 Å². The number of ether oxygens (including phenoxy) is 3. The first kappa shape index (κ1) is 26.8. The zero-order chi connectivity index (χ0) is 27.1. The minimum Gasteiger partial charge on any atom is -0.507 e. The molecular formula is C31H33NO6. The summed E-state index contributed by atoms with van der Waals surface area (Å²) in [6.07, 6.45) is 1.53. The molecular weight excluding hydrogens is 482 g/mol. The highest BCUT2D eigenvalue weighted by atomic mass is 16.5. The largest absolute Gasteiger partial charge is 0.507 e. The first-order valence-corrected chi connectivity index (χ1v) is 12.8. The quantitative estimate of drug-likeness (QED) is 0.195. The van der Waals surface area contributed by atoms with Gasteiger partial charge in [-0.25, -0.2) is 0 Å². The van der Waals surface area contributed by atoms with E-state index in [1.165, 1.54) is 4.90 Å². The van der Waals surface area contributed by atoms with Gasteiger partial charge in [0, 0.05) is 12.1 Å². The van der Waals surface area contributed by atoms with Crippen LogP contribution in [0.1, 0.15) is 49.4 Å². The molecule has 1 aliphatic heterocycles. The Morgan fingerprint density at radius 2 is 1.63 bits per heavy atom. The summed E-state index contributed by atoms with van der Waals surface area (Å²) in [7, 11) is 1.56. The van der Waals surface area contributed by atoms with Crippen LogP contribution in [-0.2, 0) is 16.2 Å². The number of carbonyl (C=O) groups excluding carboxylic acids is 2. The molecule has 1 atom stereocenters. The predicted octanol–water partition coefficient (Wildman–Crippen LogP) is 5.89. The Hall–Kier alpha value is -4.26. The fourth-order valence-electron chi connectivity index (χ4n) is 4.49. The molecule has 1 amide bonds. The van der Waals surface area contributed by atoms with Gasteiger partial charge in [-0.1, -0.05) is 50.2 Å². The van der Waals surface area contributed by atoms with Crippen LogP contribution in [0, 0.1) is 0 Å². The summed E-state index contributed by atoms with van der Waals surface area (Å²) in [5.74, 6) is 0.102. The second kappa shape index (κ2) is 12.3. The van der Waals surface area contributed by atoms with Gasteiger partial charge in [-0.2, -0.15) is 0 Å². The maximum absolute atomic E-state index is 13.2. The van der Waals surface area contributed by atoms with E-state index in [0.29, 0.717) is 54.6 Å². The molecule has 3 aromatic rings. The van der Waals surface area contributed by atoms with Crippen molar-refractivity contribution in [2.24, 2.45) is 0 Å². The van der Waals surface area contributed by atoms with Crippen LogP contribution < -0.4 is 14.2 Å². The van der Waals surface area contributed by atoms with Crippen molar-refractivity contribution < 1.29 is 28.9 Å². The number of methoxy groups -OCH3 is 1. The van der Waals surface area contributed by atoms with Crippen LogP contribution in [0.3, 0.4) is 0 Å². The van der Waals surface area contributed by atoms with Gasteiger partial charge >= 0.3 is 0 Å². The highest BCUT2D eigenvalue weighted by molar-refractivity contribution is 6.46. The molecule has 38 heavy (non-hydrogen) atoms. The fraction of sp³-hybridized carbons (Fsp3) is 0.290. The number of Topliss-reactive ketones (excluding diaryl/α,β-unsaturated/α-hetero) is 1. The maximum Gasteiger partial charge on any atom is 0.295 e. The number of aliphatic hydroxyl groups excluding tert-OH is 1. The van der Waals surface area contributed by atoms with Crippen molar-refractivity contribution in [1.29, 1.82) is 0 Å². The van der Waals surface area contributed by atoms with Gasteiger partial charge in [0.1, 0.15) is 18.1 Å². The van der Waals surface area contributed by atoms with Gasteiger partial charge < -0.3 is 24.2 Å². The van der Waals surface area contributed by atoms with Gasteiger partial charge in [-0.05, 0) is 60.4 Å². The molecule has 0 spiro atoms. The van der Waals surface area contributed by atoms with Gasteiger partial charge in [-0.15, -0.1) is 0 Å². The number of likely N-dealkylation sites (tertiary alicyclic amines) is 1. The molecule has 0 radical (unpaired) electrons. The van der Waals surface area contributed by atoms with Crippen LogP contribution in [-0.4, -0.2) is 42.0 Å². The van der Waals surface area contributed by atoms with Crippen LogP contribution in [0.5, 0.6) is 17.2 Å². The van der Waals surface area contributed by atoms with Crippen LogP contribution in [0.15, 0.2) is 78.4 Å². The van der Waals surface area contributed by atoms with Gasteiger partial charge in [0.2, 0.25) is 0 Å². The molecule has 3 aromatic carbocycles. The zero-order valence-electron chi connectivity index (χ0n) is 22.0. The second-order valence-corrected chi connectivity index (χ2v) is 9.05. The van der Waals surface area contributed by atoms with E-state index >= 15 is 0 Å². The van der Waals surface area contributed by atoms with E-state index in [1.54, 1.807) is 49.6 Å². The lowest BCUT2D eigenvalue weighted by atomic mass is 9.95. The summed E-state index contributed by atoms with van der Waals surface area (Å²) in [6.45, 7) is 5.23. The Morgan fingerprint density at radius 1 is 0.895 bits per heavy atom. The summed E-state index contributed by atoms with van der Waals surface area (Å²) >= 11 is 0. The first-order chi connectivity index (χ1) is 18.5. The SMILES string of the molecule is CCCOc1ccc(/C(O)=C2/C(=O)C(=O)N(CCC)C2c2ccc(OC)c(OCc3ccccc3)c2)cc1. The normalized spacial score (nSPS) is 16.5. The fourth-order valence-corrected chi connectivity index (χ4v) is 4.49. The molecule has 7 heteroatoms. The van der Waals surface area contributed by atoms with Crippen LogP contribution in [0.25, 0.3) is 5.76 Å². The molecule has 0 bridgehead atoms. The van der Waals surface area contributed by atoms with E-state index in [0.717, 1.165) is 12.0 Å². The van der Waals surface area contributed by atoms with E-state index in [4.69, 9.17) is 14.2 Å². The standard InChI is InChI=1S/C31H33NO6/c1-4-17-32-28(23-13-16-25(36-3)26(19-23)38-20-21-9-7-6-8-10-21)27(30(34)31(32)35)29(33)22-11-14-24(15-12-22)37-18-5-2/h6-16,19,28,33H,4-5,17-18,20H2,1-3H3/b29-27-. The number of benzene rings is 3. The third-order valence-corrected chi connectivity index (χ3v) is 6.35. The molecule has 0 aromatic heterocycles. The Morgan fingerprint density at radius 3 is 2.29 bits per heavy atom. The first-order valence-electron chi connectivity index (χ1n) is 12.8. The number of amides is 1. The average molecular weight is 516 g/mol. The number of nitrogens with zero attached hydrogens (tertiary/aromatic N) is 1. The highest BCUT2D eigenvalue weighted by Gasteiger charge is 2.45. The van der Waals surface area contributed by atoms with Gasteiger partial charge in [-0.3, -0.25) is 9.59 Å². The lowest BCUT2D eigenvalue weighted by Crippen LogP contribution is -2.30. The highest BCUT2D eigenvalue weighted by Crippen LogP contribution is 2.42. The number of aliphatic hydroxyl groups is 1. The molecule has 1 fully saturated rings. The van der Waals surface area contributed by atoms with E-state index in [-0.39, 0.29) is 11.3 Å². The topological polar surface area (TPSA) is 85.3 Å².